The summed E-state index contributed by atoms with van der Waals surface area (Å²) in [5.41, 5.74) is 5.18. The molecule has 1 saturated heterocycles. The van der Waals surface area contributed by atoms with Gasteiger partial charge in [0.05, 0.1) is 12.0 Å². The average Bonchev–Trinajstić information content (AvgIpc) is 2.46. The highest BCUT2D eigenvalue weighted by atomic mass is 16.5. The van der Waals surface area contributed by atoms with Crippen LogP contribution in [0.1, 0.15) is 26.7 Å². The molecule has 3 N–H and O–H groups in total. The molecule has 0 aromatic heterocycles. The third-order valence-electron chi connectivity index (χ3n) is 3.84. The molecular formula is C13H25N3O3. The molecule has 19 heavy (non-hydrogen) atoms. The number of nitrogens with two attached hydrogens (primary N) is 1. The first-order chi connectivity index (χ1) is 9.09. The summed E-state index contributed by atoms with van der Waals surface area (Å²) < 4.78 is 5.26. The zero-order valence-corrected chi connectivity index (χ0v) is 11.9. The molecule has 1 fully saturated rings. The van der Waals surface area contributed by atoms with Crippen molar-refractivity contribution in [2.75, 3.05) is 39.4 Å². The van der Waals surface area contributed by atoms with E-state index in [1.807, 2.05) is 13.8 Å². The molecule has 1 heterocycles. The van der Waals surface area contributed by atoms with Crippen molar-refractivity contribution in [2.45, 2.75) is 26.7 Å². The Morgan fingerprint density at radius 2 is 1.84 bits per heavy atom. The molecule has 6 heteroatoms. The van der Waals surface area contributed by atoms with E-state index in [0.29, 0.717) is 45.7 Å². The van der Waals surface area contributed by atoms with E-state index in [2.05, 4.69) is 5.32 Å². The molecule has 2 amide bonds. The van der Waals surface area contributed by atoms with Crippen LogP contribution in [-0.2, 0) is 14.3 Å². The highest BCUT2D eigenvalue weighted by Gasteiger charge is 2.38. The molecule has 0 spiro atoms. The largest absolute Gasteiger partial charge is 0.381 e. The first-order valence-electron chi connectivity index (χ1n) is 6.93. The van der Waals surface area contributed by atoms with Crippen molar-refractivity contribution in [3.63, 3.8) is 0 Å². The van der Waals surface area contributed by atoms with Gasteiger partial charge in [-0.15, -0.1) is 0 Å². The van der Waals surface area contributed by atoms with Gasteiger partial charge in [-0.3, -0.25) is 9.59 Å². The maximum absolute atomic E-state index is 12.2. The zero-order chi connectivity index (χ0) is 14.3. The van der Waals surface area contributed by atoms with Crippen LogP contribution in [0.5, 0.6) is 0 Å². The van der Waals surface area contributed by atoms with Crippen LogP contribution in [0.15, 0.2) is 0 Å². The highest BCUT2D eigenvalue weighted by molar-refractivity contribution is 5.88. The maximum atomic E-state index is 12.2. The lowest BCUT2D eigenvalue weighted by Gasteiger charge is -2.34. The predicted molar refractivity (Wildman–Crippen MR) is 72.5 cm³/mol. The van der Waals surface area contributed by atoms with Crippen molar-refractivity contribution in [3.8, 4) is 0 Å². The highest BCUT2D eigenvalue weighted by Crippen LogP contribution is 2.29. The molecule has 0 aromatic carbocycles. The molecule has 110 valence electrons. The van der Waals surface area contributed by atoms with E-state index in [0.717, 1.165) is 0 Å². The minimum atomic E-state index is -0.568. The lowest BCUT2D eigenvalue weighted by atomic mass is 9.79. The summed E-state index contributed by atoms with van der Waals surface area (Å²) in [4.78, 5) is 25.8. The van der Waals surface area contributed by atoms with Gasteiger partial charge in [-0.1, -0.05) is 0 Å². The standard InChI is InChI=1S/C13H25N3O3/c1-3-16(4-2)11(17)9-15-12(18)13(10-14)5-7-19-8-6-13/h3-10,14H2,1-2H3,(H,15,18). The normalized spacial score (nSPS) is 17.8. The number of nitrogens with one attached hydrogen (secondary N) is 1. The Morgan fingerprint density at radius 3 is 2.32 bits per heavy atom. The Bertz CT molecular complexity index is 310. The fourth-order valence-corrected chi connectivity index (χ4v) is 2.32. The van der Waals surface area contributed by atoms with Crippen LogP contribution in [0, 0.1) is 5.41 Å². The van der Waals surface area contributed by atoms with Crippen LogP contribution in [0.25, 0.3) is 0 Å². The average molecular weight is 271 g/mol. The molecule has 1 rings (SSSR count). The van der Waals surface area contributed by atoms with E-state index < -0.39 is 5.41 Å². The lowest BCUT2D eigenvalue weighted by Crippen LogP contribution is -2.51. The second-order valence-electron chi connectivity index (χ2n) is 4.85. The first-order valence-corrected chi connectivity index (χ1v) is 6.93. The van der Waals surface area contributed by atoms with Crippen molar-refractivity contribution in [1.29, 1.82) is 0 Å². The molecule has 0 radical (unpaired) electrons. The Balaban J connectivity index is 2.51. The Morgan fingerprint density at radius 1 is 1.26 bits per heavy atom. The van der Waals surface area contributed by atoms with E-state index in [9.17, 15) is 9.59 Å². The van der Waals surface area contributed by atoms with Crippen LogP contribution < -0.4 is 11.1 Å². The number of carbonyl (C=O) groups excluding carboxylic acids is 2. The van der Waals surface area contributed by atoms with Crippen LogP contribution in [0.4, 0.5) is 0 Å². The summed E-state index contributed by atoms with van der Waals surface area (Å²) in [5, 5.41) is 2.73. The SMILES string of the molecule is CCN(CC)C(=O)CNC(=O)C1(CN)CCOCC1. The summed E-state index contributed by atoms with van der Waals surface area (Å²) in [6.45, 7) is 6.59. The summed E-state index contributed by atoms with van der Waals surface area (Å²) in [5.74, 6) is -0.184. The Labute approximate surface area is 114 Å². The number of likely N-dealkylation sites (N-methyl/N-ethyl adjacent to an activating group) is 1. The first kappa shape index (κ1) is 15.9. The van der Waals surface area contributed by atoms with Gasteiger partial charge in [-0.05, 0) is 26.7 Å². The second-order valence-corrected chi connectivity index (χ2v) is 4.85. The van der Waals surface area contributed by atoms with Gasteiger partial charge in [0.1, 0.15) is 0 Å². The van der Waals surface area contributed by atoms with E-state index in [1.54, 1.807) is 4.90 Å². The molecule has 0 bridgehead atoms. The molecule has 0 unspecified atom stereocenters. The van der Waals surface area contributed by atoms with Gasteiger partial charge in [-0.2, -0.15) is 0 Å². The van der Waals surface area contributed by atoms with Gasteiger partial charge in [0.15, 0.2) is 0 Å². The second kappa shape index (κ2) is 7.45. The van der Waals surface area contributed by atoms with Crippen LogP contribution >= 0.6 is 0 Å². The summed E-state index contributed by atoms with van der Waals surface area (Å²) in [6.07, 6.45) is 1.24. The number of carbonyl (C=O) groups is 2. The van der Waals surface area contributed by atoms with Gasteiger partial charge >= 0.3 is 0 Å². The topological polar surface area (TPSA) is 84.7 Å². The molecule has 0 aromatic rings. The monoisotopic (exact) mass is 271 g/mol. The number of rotatable bonds is 6. The van der Waals surface area contributed by atoms with Crippen molar-refractivity contribution in [1.82, 2.24) is 10.2 Å². The van der Waals surface area contributed by atoms with Gasteiger partial charge in [0.25, 0.3) is 0 Å². The van der Waals surface area contributed by atoms with Crippen molar-refractivity contribution >= 4 is 11.8 Å². The van der Waals surface area contributed by atoms with Crippen LogP contribution in [0.2, 0.25) is 0 Å². The number of ether oxygens (including phenoxy) is 1. The van der Waals surface area contributed by atoms with Crippen LogP contribution in [-0.4, -0.2) is 56.1 Å². The summed E-state index contributed by atoms with van der Waals surface area (Å²) in [7, 11) is 0. The molecule has 0 aliphatic carbocycles. The van der Waals surface area contributed by atoms with E-state index >= 15 is 0 Å². The minimum Gasteiger partial charge on any atom is -0.381 e. The van der Waals surface area contributed by atoms with Gasteiger partial charge in [0, 0.05) is 32.8 Å². The summed E-state index contributed by atoms with van der Waals surface area (Å²) >= 11 is 0. The maximum Gasteiger partial charge on any atom is 0.241 e. The number of amides is 2. The van der Waals surface area contributed by atoms with E-state index in [-0.39, 0.29) is 18.4 Å². The predicted octanol–water partition coefficient (Wildman–Crippen LogP) is -0.273. The van der Waals surface area contributed by atoms with Gasteiger partial charge < -0.3 is 20.7 Å². The number of nitrogens with zero attached hydrogens (tertiary/aromatic N) is 1. The Kier molecular flexibility index (Phi) is 6.24. The number of hydrogen-bond acceptors (Lipinski definition) is 4. The van der Waals surface area contributed by atoms with E-state index in [4.69, 9.17) is 10.5 Å². The van der Waals surface area contributed by atoms with Gasteiger partial charge in [0.2, 0.25) is 11.8 Å². The smallest absolute Gasteiger partial charge is 0.241 e. The van der Waals surface area contributed by atoms with E-state index in [1.165, 1.54) is 0 Å². The fourth-order valence-electron chi connectivity index (χ4n) is 2.32. The van der Waals surface area contributed by atoms with Crippen molar-refractivity contribution in [3.05, 3.63) is 0 Å². The lowest BCUT2D eigenvalue weighted by molar-refractivity contribution is -0.139. The molecule has 0 atom stereocenters. The Hall–Kier alpha value is -1.14. The molecular weight excluding hydrogens is 246 g/mol. The quantitative estimate of drug-likeness (QED) is 0.696. The third-order valence-corrected chi connectivity index (χ3v) is 3.84. The van der Waals surface area contributed by atoms with Crippen LogP contribution in [0.3, 0.4) is 0 Å². The molecule has 1 aliphatic heterocycles. The molecule has 6 nitrogen and oxygen atoms in total. The molecule has 0 saturated carbocycles. The minimum absolute atomic E-state index is 0.0448. The fraction of sp³-hybridized carbons (Fsp3) is 0.846. The number of hydrogen-bond donors (Lipinski definition) is 2. The van der Waals surface area contributed by atoms with Crippen molar-refractivity contribution < 1.29 is 14.3 Å². The zero-order valence-electron chi connectivity index (χ0n) is 11.9. The van der Waals surface area contributed by atoms with Crippen molar-refractivity contribution in [2.24, 2.45) is 11.1 Å². The molecule has 1 aliphatic rings. The third kappa shape index (κ3) is 3.91. The van der Waals surface area contributed by atoms with Gasteiger partial charge in [-0.25, -0.2) is 0 Å². The summed E-state index contributed by atoms with van der Waals surface area (Å²) in [6, 6.07) is 0.